The van der Waals surface area contributed by atoms with Crippen LogP contribution in [0.15, 0.2) is 28.9 Å². The highest BCUT2D eigenvalue weighted by atomic mass is 16.4. The monoisotopic (exact) mass is 337 g/mol. The molecular weight excluding hydrogens is 314 g/mol. The molecule has 1 aromatic heterocycles. The highest BCUT2D eigenvalue weighted by molar-refractivity contribution is 5.96. The molecule has 0 spiro atoms. The fourth-order valence-electron chi connectivity index (χ4n) is 1.90. The van der Waals surface area contributed by atoms with Gasteiger partial charge in [-0.05, 0) is 50.9 Å². The first-order valence-corrected chi connectivity index (χ1v) is 7.69. The Kier molecular flexibility index (Phi) is 8.28. The van der Waals surface area contributed by atoms with E-state index in [9.17, 15) is 14.4 Å². The van der Waals surface area contributed by atoms with Crippen molar-refractivity contribution in [1.82, 2.24) is 10.6 Å². The lowest BCUT2D eigenvalue weighted by Crippen LogP contribution is -2.50. The summed E-state index contributed by atoms with van der Waals surface area (Å²) in [5, 5.41) is 13.8. The van der Waals surface area contributed by atoms with Crippen molar-refractivity contribution in [2.24, 2.45) is 5.73 Å². The van der Waals surface area contributed by atoms with Gasteiger partial charge in [0.2, 0.25) is 11.8 Å². The van der Waals surface area contributed by atoms with E-state index >= 15 is 0 Å². The van der Waals surface area contributed by atoms with Crippen molar-refractivity contribution >= 4 is 23.9 Å². The van der Waals surface area contributed by atoms with Crippen molar-refractivity contribution in [2.75, 3.05) is 6.54 Å². The summed E-state index contributed by atoms with van der Waals surface area (Å²) in [7, 11) is 0. The number of nitrogens with two attached hydrogens (primary N) is 1. The maximum atomic E-state index is 12.2. The second-order valence-corrected chi connectivity index (χ2v) is 5.26. The summed E-state index contributed by atoms with van der Waals surface area (Å²) in [6.07, 6.45) is 5.92. The Morgan fingerprint density at radius 1 is 1.33 bits per heavy atom. The minimum Gasteiger partial charge on any atom is -0.480 e. The van der Waals surface area contributed by atoms with Crippen LogP contribution in [0.25, 0.3) is 6.08 Å². The molecule has 0 unspecified atom stereocenters. The Bertz CT molecular complexity index is 568. The zero-order valence-corrected chi connectivity index (χ0v) is 13.5. The molecule has 1 aromatic rings. The first kappa shape index (κ1) is 19.4. The molecule has 2 amide bonds. The van der Waals surface area contributed by atoms with E-state index in [-0.39, 0.29) is 0 Å². The largest absolute Gasteiger partial charge is 0.480 e. The van der Waals surface area contributed by atoms with Crippen LogP contribution in [-0.4, -0.2) is 41.5 Å². The minimum absolute atomic E-state index is 0.371. The molecule has 0 aliphatic heterocycles. The molecule has 2 atom stereocenters. The number of rotatable bonds is 10. The number of amides is 2. The maximum absolute atomic E-state index is 12.2. The summed E-state index contributed by atoms with van der Waals surface area (Å²) < 4.78 is 5.07. The van der Waals surface area contributed by atoms with Crippen LogP contribution in [0.5, 0.6) is 0 Å². The van der Waals surface area contributed by atoms with Gasteiger partial charge in [-0.25, -0.2) is 0 Å². The van der Waals surface area contributed by atoms with Gasteiger partial charge in [-0.3, -0.25) is 14.4 Å². The third-order valence-corrected chi connectivity index (χ3v) is 3.25. The topological polar surface area (TPSA) is 135 Å². The standard InChI is InChI=1S/C16H23N3O5/c1-11(16(22)23)18-15(21)13(6-2-3-9-17)19-14(20)8-7-12-5-4-10-24-12/h4-5,7-8,10-11,13H,2-3,6,9,17H2,1H3,(H,18,21)(H,19,20)(H,22,23)/b8-7-/t11-,13+/m0/s1. The molecule has 24 heavy (non-hydrogen) atoms. The van der Waals surface area contributed by atoms with Gasteiger partial charge in [-0.1, -0.05) is 0 Å². The number of carboxylic acid groups (broad SMARTS) is 1. The summed E-state index contributed by atoms with van der Waals surface area (Å²) in [6.45, 7) is 1.84. The van der Waals surface area contributed by atoms with Gasteiger partial charge in [-0.2, -0.15) is 0 Å². The lowest BCUT2D eigenvalue weighted by atomic mass is 10.1. The smallest absolute Gasteiger partial charge is 0.325 e. The number of unbranched alkanes of at least 4 members (excludes halogenated alkanes) is 1. The van der Waals surface area contributed by atoms with Crippen molar-refractivity contribution in [3.05, 3.63) is 30.2 Å². The van der Waals surface area contributed by atoms with Gasteiger partial charge in [-0.15, -0.1) is 0 Å². The lowest BCUT2D eigenvalue weighted by Gasteiger charge is -2.19. The Balaban J connectivity index is 2.64. The molecule has 0 saturated heterocycles. The normalized spacial score (nSPS) is 13.4. The molecule has 132 valence electrons. The molecule has 0 aliphatic rings. The van der Waals surface area contributed by atoms with Crippen LogP contribution in [-0.2, 0) is 14.4 Å². The first-order valence-electron chi connectivity index (χ1n) is 7.69. The predicted molar refractivity (Wildman–Crippen MR) is 87.8 cm³/mol. The summed E-state index contributed by atoms with van der Waals surface area (Å²) in [6, 6.07) is 1.51. The summed E-state index contributed by atoms with van der Waals surface area (Å²) >= 11 is 0. The number of furan rings is 1. The molecule has 1 heterocycles. The zero-order chi connectivity index (χ0) is 17.9. The second kappa shape index (κ2) is 10.2. The molecular formula is C16H23N3O5. The summed E-state index contributed by atoms with van der Waals surface area (Å²) in [5.74, 6) is -1.65. The van der Waals surface area contributed by atoms with Crippen LogP contribution >= 0.6 is 0 Å². The van der Waals surface area contributed by atoms with Crippen LogP contribution in [0, 0.1) is 0 Å². The molecule has 0 saturated carbocycles. The molecule has 0 bridgehead atoms. The van der Waals surface area contributed by atoms with Crippen LogP contribution in [0.4, 0.5) is 0 Å². The highest BCUT2D eigenvalue weighted by Gasteiger charge is 2.23. The average Bonchev–Trinajstić information content (AvgIpc) is 3.05. The van der Waals surface area contributed by atoms with E-state index in [1.807, 2.05) is 0 Å². The molecule has 0 aliphatic carbocycles. The fraction of sp³-hybridized carbons (Fsp3) is 0.438. The number of carbonyl (C=O) groups is 3. The molecule has 0 aromatic carbocycles. The average molecular weight is 337 g/mol. The first-order chi connectivity index (χ1) is 11.4. The van der Waals surface area contributed by atoms with Crippen LogP contribution in [0.2, 0.25) is 0 Å². The molecule has 8 nitrogen and oxygen atoms in total. The SMILES string of the molecule is C[C@H](NC(=O)[C@@H](CCCCN)NC(=O)/C=C\c1ccco1)C(=O)O. The van der Waals surface area contributed by atoms with E-state index in [2.05, 4.69) is 10.6 Å². The number of nitrogens with one attached hydrogen (secondary N) is 2. The van der Waals surface area contributed by atoms with Gasteiger partial charge >= 0.3 is 5.97 Å². The van der Waals surface area contributed by atoms with E-state index in [1.165, 1.54) is 25.3 Å². The van der Waals surface area contributed by atoms with Gasteiger partial charge in [0.1, 0.15) is 17.8 Å². The van der Waals surface area contributed by atoms with Gasteiger partial charge in [0.05, 0.1) is 6.26 Å². The number of carboxylic acids is 1. The number of hydrogen-bond acceptors (Lipinski definition) is 5. The van der Waals surface area contributed by atoms with Gasteiger partial charge < -0.3 is 25.9 Å². The Hall–Kier alpha value is -2.61. The van der Waals surface area contributed by atoms with Crippen LogP contribution in [0.1, 0.15) is 31.9 Å². The molecule has 0 fully saturated rings. The lowest BCUT2D eigenvalue weighted by molar-refractivity contribution is -0.141. The van der Waals surface area contributed by atoms with Crippen LogP contribution in [0.3, 0.4) is 0 Å². The van der Waals surface area contributed by atoms with Gasteiger partial charge in [0.25, 0.3) is 0 Å². The summed E-state index contributed by atoms with van der Waals surface area (Å²) in [5.41, 5.74) is 5.43. The van der Waals surface area contributed by atoms with E-state index < -0.39 is 29.9 Å². The summed E-state index contributed by atoms with van der Waals surface area (Å²) in [4.78, 5) is 34.9. The molecule has 5 N–H and O–H groups in total. The maximum Gasteiger partial charge on any atom is 0.325 e. The number of carbonyl (C=O) groups excluding carboxylic acids is 2. The Labute approximate surface area is 140 Å². The predicted octanol–water partition coefficient (Wildman–Crippen LogP) is 0.496. The van der Waals surface area contributed by atoms with Crippen LogP contribution < -0.4 is 16.4 Å². The van der Waals surface area contributed by atoms with Crippen molar-refractivity contribution in [3.8, 4) is 0 Å². The Morgan fingerprint density at radius 2 is 2.08 bits per heavy atom. The number of hydrogen-bond donors (Lipinski definition) is 4. The van der Waals surface area contributed by atoms with Crippen molar-refractivity contribution in [1.29, 1.82) is 0 Å². The zero-order valence-electron chi connectivity index (χ0n) is 13.5. The molecule has 0 radical (unpaired) electrons. The van der Waals surface area contributed by atoms with Crippen molar-refractivity contribution < 1.29 is 23.9 Å². The minimum atomic E-state index is -1.15. The van der Waals surface area contributed by atoms with E-state index in [4.69, 9.17) is 15.3 Å². The van der Waals surface area contributed by atoms with Gasteiger partial charge in [0, 0.05) is 6.08 Å². The van der Waals surface area contributed by atoms with Crippen molar-refractivity contribution in [2.45, 2.75) is 38.3 Å². The third kappa shape index (κ3) is 7.10. The third-order valence-electron chi connectivity index (χ3n) is 3.25. The van der Waals surface area contributed by atoms with E-state index in [0.717, 1.165) is 0 Å². The molecule has 1 rings (SSSR count). The van der Waals surface area contributed by atoms with E-state index in [0.29, 0.717) is 31.6 Å². The fourth-order valence-corrected chi connectivity index (χ4v) is 1.90. The van der Waals surface area contributed by atoms with E-state index in [1.54, 1.807) is 12.1 Å². The van der Waals surface area contributed by atoms with Crippen molar-refractivity contribution in [3.63, 3.8) is 0 Å². The number of aliphatic carboxylic acids is 1. The quantitative estimate of drug-likeness (QED) is 0.363. The Morgan fingerprint density at radius 3 is 2.67 bits per heavy atom. The highest BCUT2D eigenvalue weighted by Crippen LogP contribution is 2.04. The molecule has 8 heteroatoms. The second-order valence-electron chi connectivity index (χ2n) is 5.26. The van der Waals surface area contributed by atoms with Gasteiger partial charge in [0.15, 0.2) is 0 Å².